The van der Waals surface area contributed by atoms with Crippen molar-refractivity contribution >= 4 is 5.97 Å². The van der Waals surface area contributed by atoms with Crippen LogP contribution in [0.4, 0.5) is 0 Å². The second kappa shape index (κ2) is 5.89. The van der Waals surface area contributed by atoms with Crippen LogP contribution in [0.15, 0.2) is 18.2 Å². The lowest BCUT2D eigenvalue weighted by atomic mass is 9.85. The Hall–Kier alpha value is -1.51. The van der Waals surface area contributed by atoms with Crippen LogP contribution < -0.4 is 4.74 Å². The smallest absolute Gasteiger partial charge is 0.338 e. The van der Waals surface area contributed by atoms with Crippen LogP contribution in [0.1, 0.15) is 50.5 Å². The van der Waals surface area contributed by atoms with Crippen LogP contribution in [0.2, 0.25) is 0 Å². The van der Waals surface area contributed by atoms with Gasteiger partial charge in [-0.2, -0.15) is 0 Å². The van der Waals surface area contributed by atoms with Crippen LogP contribution in [-0.4, -0.2) is 19.2 Å². The number of carbonyl (C=O) groups excluding carboxylic acids is 1. The van der Waals surface area contributed by atoms with Gasteiger partial charge in [0.15, 0.2) is 0 Å². The molecule has 0 fully saturated rings. The molecule has 1 aromatic rings. The van der Waals surface area contributed by atoms with Gasteiger partial charge >= 0.3 is 5.97 Å². The van der Waals surface area contributed by atoms with Gasteiger partial charge in [-0.05, 0) is 37.5 Å². The lowest BCUT2D eigenvalue weighted by Gasteiger charge is -2.23. The summed E-state index contributed by atoms with van der Waals surface area (Å²) >= 11 is 0. The maximum Gasteiger partial charge on any atom is 0.338 e. The van der Waals surface area contributed by atoms with E-state index in [1.807, 2.05) is 19.1 Å². The molecular weight excluding hydrogens is 228 g/mol. The molecule has 0 amide bonds. The van der Waals surface area contributed by atoms with Crippen LogP contribution in [0, 0.1) is 0 Å². The van der Waals surface area contributed by atoms with E-state index in [-0.39, 0.29) is 11.4 Å². The van der Waals surface area contributed by atoms with Crippen molar-refractivity contribution < 1.29 is 14.3 Å². The van der Waals surface area contributed by atoms with Crippen molar-refractivity contribution in [3.05, 3.63) is 29.3 Å². The third kappa shape index (κ3) is 3.49. The summed E-state index contributed by atoms with van der Waals surface area (Å²) in [6.45, 7) is 11.0. The Morgan fingerprint density at radius 2 is 1.83 bits per heavy atom. The Kier molecular flexibility index (Phi) is 4.76. The summed E-state index contributed by atoms with van der Waals surface area (Å²) < 4.78 is 10.6. The molecule has 0 saturated heterocycles. The molecule has 0 N–H and O–H groups in total. The van der Waals surface area contributed by atoms with Gasteiger partial charge in [-0.15, -0.1) is 0 Å². The number of hydrogen-bond acceptors (Lipinski definition) is 3. The van der Waals surface area contributed by atoms with Crippen molar-refractivity contribution in [2.75, 3.05) is 13.2 Å². The Morgan fingerprint density at radius 1 is 1.17 bits per heavy atom. The Bertz CT molecular complexity index is 416. The molecule has 100 valence electrons. The van der Waals surface area contributed by atoms with E-state index in [9.17, 15) is 4.79 Å². The molecule has 0 radical (unpaired) electrons. The van der Waals surface area contributed by atoms with Crippen molar-refractivity contribution in [3.63, 3.8) is 0 Å². The van der Waals surface area contributed by atoms with Gasteiger partial charge in [0.2, 0.25) is 0 Å². The summed E-state index contributed by atoms with van der Waals surface area (Å²) in [5.41, 5.74) is 1.52. The summed E-state index contributed by atoms with van der Waals surface area (Å²) in [6.07, 6.45) is 0. The first-order valence-electron chi connectivity index (χ1n) is 6.34. The number of carbonyl (C=O) groups is 1. The highest BCUT2D eigenvalue weighted by Crippen LogP contribution is 2.32. The number of esters is 1. The molecule has 0 aromatic heterocycles. The first-order chi connectivity index (χ1) is 8.40. The van der Waals surface area contributed by atoms with Crippen molar-refractivity contribution in [3.8, 4) is 5.75 Å². The third-order valence-corrected chi connectivity index (χ3v) is 2.60. The standard InChI is InChI=1S/C15H22O3/c1-6-17-13-9-8-11(14(16)18-7-2)10-12(13)15(3,4)5/h8-10H,6-7H2,1-5H3. The molecule has 0 aliphatic heterocycles. The number of hydrogen-bond donors (Lipinski definition) is 0. The lowest BCUT2D eigenvalue weighted by molar-refractivity contribution is 0.0526. The van der Waals surface area contributed by atoms with E-state index in [0.29, 0.717) is 18.8 Å². The average Bonchev–Trinajstić information content (AvgIpc) is 2.28. The molecule has 1 aromatic carbocycles. The summed E-state index contributed by atoms with van der Waals surface area (Å²) in [7, 11) is 0. The highest BCUT2D eigenvalue weighted by atomic mass is 16.5. The van der Waals surface area contributed by atoms with Gasteiger partial charge in [-0.1, -0.05) is 20.8 Å². The normalized spacial score (nSPS) is 11.2. The van der Waals surface area contributed by atoms with Crippen molar-refractivity contribution in [1.82, 2.24) is 0 Å². The van der Waals surface area contributed by atoms with E-state index >= 15 is 0 Å². The van der Waals surface area contributed by atoms with Crippen molar-refractivity contribution in [2.45, 2.75) is 40.0 Å². The second-order valence-electron chi connectivity index (χ2n) is 5.11. The van der Waals surface area contributed by atoms with E-state index in [4.69, 9.17) is 9.47 Å². The van der Waals surface area contributed by atoms with Crippen LogP contribution in [0.25, 0.3) is 0 Å². The predicted octanol–water partition coefficient (Wildman–Crippen LogP) is 3.56. The minimum absolute atomic E-state index is 0.0764. The minimum Gasteiger partial charge on any atom is -0.494 e. The predicted molar refractivity (Wildman–Crippen MR) is 72.3 cm³/mol. The molecule has 0 saturated carbocycles. The average molecular weight is 250 g/mol. The summed E-state index contributed by atoms with van der Waals surface area (Å²) in [6, 6.07) is 5.46. The molecule has 0 spiro atoms. The maximum atomic E-state index is 11.7. The number of ether oxygens (including phenoxy) is 2. The quantitative estimate of drug-likeness (QED) is 0.766. The van der Waals surface area contributed by atoms with E-state index < -0.39 is 0 Å². The fourth-order valence-corrected chi connectivity index (χ4v) is 1.74. The molecule has 3 nitrogen and oxygen atoms in total. The monoisotopic (exact) mass is 250 g/mol. The first kappa shape index (κ1) is 14.6. The van der Waals surface area contributed by atoms with Crippen LogP contribution in [-0.2, 0) is 10.2 Å². The van der Waals surface area contributed by atoms with E-state index in [1.165, 1.54) is 0 Å². The number of benzene rings is 1. The van der Waals surface area contributed by atoms with E-state index in [2.05, 4.69) is 20.8 Å². The van der Waals surface area contributed by atoms with Crippen molar-refractivity contribution in [2.24, 2.45) is 0 Å². The largest absolute Gasteiger partial charge is 0.494 e. The molecule has 0 aliphatic carbocycles. The fraction of sp³-hybridized carbons (Fsp3) is 0.533. The van der Waals surface area contributed by atoms with Gasteiger partial charge in [0, 0.05) is 5.56 Å². The zero-order valence-corrected chi connectivity index (χ0v) is 11.9. The van der Waals surface area contributed by atoms with Gasteiger partial charge in [0.05, 0.1) is 18.8 Å². The molecule has 1 rings (SSSR count). The SMILES string of the molecule is CCOC(=O)c1ccc(OCC)c(C(C)(C)C)c1. The Labute approximate surface area is 109 Å². The highest BCUT2D eigenvalue weighted by Gasteiger charge is 2.21. The molecule has 0 atom stereocenters. The molecule has 0 bridgehead atoms. The van der Waals surface area contributed by atoms with Crippen molar-refractivity contribution in [1.29, 1.82) is 0 Å². The minimum atomic E-state index is -0.286. The zero-order valence-electron chi connectivity index (χ0n) is 11.9. The molecule has 0 unspecified atom stereocenters. The van der Waals surface area contributed by atoms with Crippen LogP contribution in [0.3, 0.4) is 0 Å². The third-order valence-electron chi connectivity index (χ3n) is 2.60. The first-order valence-corrected chi connectivity index (χ1v) is 6.34. The zero-order chi connectivity index (χ0) is 13.8. The van der Waals surface area contributed by atoms with Crippen LogP contribution >= 0.6 is 0 Å². The number of rotatable bonds is 4. The summed E-state index contributed by atoms with van der Waals surface area (Å²) in [4.78, 5) is 11.7. The fourth-order valence-electron chi connectivity index (χ4n) is 1.74. The van der Waals surface area contributed by atoms with Gasteiger partial charge in [-0.25, -0.2) is 4.79 Å². The molecule has 0 heterocycles. The van der Waals surface area contributed by atoms with Gasteiger partial charge < -0.3 is 9.47 Å². The molecule has 0 aliphatic rings. The van der Waals surface area contributed by atoms with E-state index in [1.54, 1.807) is 13.0 Å². The summed E-state index contributed by atoms with van der Waals surface area (Å²) in [5, 5.41) is 0. The van der Waals surface area contributed by atoms with Crippen LogP contribution in [0.5, 0.6) is 5.75 Å². The van der Waals surface area contributed by atoms with Gasteiger partial charge in [-0.3, -0.25) is 0 Å². The topological polar surface area (TPSA) is 35.5 Å². The Morgan fingerprint density at radius 3 is 2.33 bits per heavy atom. The lowest BCUT2D eigenvalue weighted by Crippen LogP contribution is -2.15. The van der Waals surface area contributed by atoms with Gasteiger partial charge in [0.1, 0.15) is 5.75 Å². The highest BCUT2D eigenvalue weighted by molar-refractivity contribution is 5.90. The molecule has 18 heavy (non-hydrogen) atoms. The summed E-state index contributed by atoms with van der Waals surface area (Å²) in [5.74, 6) is 0.545. The molecular formula is C15H22O3. The second-order valence-corrected chi connectivity index (χ2v) is 5.11. The molecule has 3 heteroatoms. The Balaban J connectivity index is 3.17. The maximum absolute atomic E-state index is 11.7. The van der Waals surface area contributed by atoms with E-state index in [0.717, 1.165) is 11.3 Å². The van der Waals surface area contributed by atoms with Gasteiger partial charge in [0.25, 0.3) is 0 Å².